The highest BCUT2D eigenvalue weighted by molar-refractivity contribution is 7.89. The summed E-state index contributed by atoms with van der Waals surface area (Å²) in [6, 6.07) is 13.2. The van der Waals surface area contributed by atoms with Gasteiger partial charge >= 0.3 is 0 Å². The second-order valence-electron chi connectivity index (χ2n) is 7.10. The quantitative estimate of drug-likeness (QED) is 0.486. The Morgan fingerprint density at radius 3 is 2.45 bits per heavy atom. The lowest BCUT2D eigenvalue weighted by Gasteiger charge is -2.18. The van der Waals surface area contributed by atoms with Gasteiger partial charge in [-0.15, -0.1) is 0 Å². The van der Waals surface area contributed by atoms with E-state index in [1.165, 1.54) is 16.4 Å². The van der Waals surface area contributed by atoms with Crippen molar-refractivity contribution in [2.45, 2.75) is 25.3 Å². The number of hydrogen-bond donors (Lipinski definition) is 1. The minimum atomic E-state index is -3.67. The van der Waals surface area contributed by atoms with Gasteiger partial charge in [0.2, 0.25) is 10.0 Å². The summed E-state index contributed by atoms with van der Waals surface area (Å²) in [6.45, 7) is 4.58. The second kappa shape index (κ2) is 10.5. The second-order valence-corrected chi connectivity index (χ2v) is 9.04. The molecule has 1 heterocycles. The van der Waals surface area contributed by atoms with E-state index < -0.39 is 15.9 Å². The monoisotopic (exact) mass is 472 g/mol. The van der Waals surface area contributed by atoms with E-state index in [1.807, 2.05) is 12.1 Å². The summed E-state index contributed by atoms with van der Waals surface area (Å²) in [6.07, 6.45) is 1.57. The topological polar surface area (TPSA) is 103 Å². The number of ether oxygens (including phenoxy) is 2. The number of carbonyl (C=O) groups excluding carboxylic acids is 1. The van der Waals surface area contributed by atoms with E-state index in [1.54, 1.807) is 63.2 Å². The summed E-state index contributed by atoms with van der Waals surface area (Å²) < 4.78 is 39.4. The van der Waals surface area contributed by atoms with E-state index in [0.29, 0.717) is 37.0 Å². The first-order valence-corrected chi connectivity index (χ1v) is 11.9. The zero-order valence-electron chi connectivity index (χ0n) is 19.1. The van der Waals surface area contributed by atoms with Gasteiger partial charge in [0.05, 0.1) is 31.9 Å². The zero-order valence-corrected chi connectivity index (χ0v) is 19.9. The lowest BCUT2D eigenvalue weighted by Crippen LogP contribution is -2.30. The van der Waals surface area contributed by atoms with Gasteiger partial charge in [0.1, 0.15) is 5.82 Å². The molecule has 0 saturated heterocycles. The fourth-order valence-electron chi connectivity index (χ4n) is 3.50. The molecule has 10 heteroatoms. The van der Waals surface area contributed by atoms with Crippen LogP contribution in [0.1, 0.15) is 29.8 Å². The first-order chi connectivity index (χ1) is 15.8. The molecule has 9 nitrogen and oxygen atoms in total. The van der Waals surface area contributed by atoms with Gasteiger partial charge in [-0.3, -0.25) is 4.79 Å². The number of para-hydroxylation sites is 1. The Kier molecular flexibility index (Phi) is 7.72. The maximum atomic E-state index is 12.9. The van der Waals surface area contributed by atoms with Crippen molar-refractivity contribution in [3.8, 4) is 11.5 Å². The van der Waals surface area contributed by atoms with E-state index in [9.17, 15) is 13.2 Å². The smallest absolute Gasteiger partial charge is 0.256 e. The molecule has 2 aromatic carbocycles. The normalized spacial score (nSPS) is 11.4. The Bertz CT molecular complexity index is 1220. The summed E-state index contributed by atoms with van der Waals surface area (Å²) in [5, 5.41) is 7.10. The van der Waals surface area contributed by atoms with Gasteiger partial charge in [-0.25, -0.2) is 13.1 Å². The number of benzene rings is 2. The highest BCUT2D eigenvalue weighted by Crippen LogP contribution is 2.31. The molecule has 1 amide bonds. The van der Waals surface area contributed by atoms with Crippen molar-refractivity contribution in [3.63, 3.8) is 0 Å². The van der Waals surface area contributed by atoms with Crippen LogP contribution in [0, 0.1) is 0 Å². The summed E-state index contributed by atoms with van der Waals surface area (Å²) in [7, 11) is -0.545. The molecule has 1 aromatic heterocycles. The lowest BCUT2D eigenvalue weighted by molar-refractivity contribution is 0.102. The third kappa shape index (κ3) is 5.18. The molecule has 33 heavy (non-hydrogen) atoms. The molecule has 0 fully saturated rings. The number of aromatic nitrogens is 2. The molecule has 3 aromatic rings. The van der Waals surface area contributed by atoms with Gasteiger partial charge in [0.25, 0.3) is 5.91 Å². The van der Waals surface area contributed by atoms with E-state index in [2.05, 4.69) is 10.4 Å². The first-order valence-electron chi connectivity index (χ1n) is 10.5. The molecule has 0 spiro atoms. The number of nitrogens with zero attached hydrogens (tertiary/aromatic N) is 3. The van der Waals surface area contributed by atoms with Crippen LogP contribution in [0.15, 0.2) is 59.6 Å². The lowest BCUT2D eigenvalue weighted by atomic mass is 10.2. The molecule has 0 unspecified atom stereocenters. The number of nitrogens with one attached hydrogen (secondary N) is 1. The molecule has 3 rings (SSSR count). The first kappa shape index (κ1) is 24.3. The summed E-state index contributed by atoms with van der Waals surface area (Å²) in [5.74, 6) is 1.20. The molecule has 176 valence electrons. The number of anilines is 1. The standard InChI is InChI=1S/C23H28N4O5S/c1-5-26(6-2)33(29,30)19-11-7-9-17(15-19)23(28)25-21-13-14-24-27(21)16-18-10-8-12-20(31-3)22(18)32-4/h7-15H,5-6,16H2,1-4H3,(H,25,28). The molecule has 0 aliphatic rings. The third-order valence-corrected chi connectivity index (χ3v) is 7.25. The molecule has 0 atom stereocenters. The summed E-state index contributed by atoms with van der Waals surface area (Å²) >= 11 is 0. The maximum Gasteiger partial charge on any atom is 0.256 e. The molecule has 0 radical (unpaired) electrons. The number of carbonyl (C=O) groups is 1. The Morgan fingerprint density at radius 2 is 1.79 bits per heavy atom. The zero-order chi connectivity index (χ0) is 24.0. The van der Waals surface area contributed by atoms with E-state index in [4.69, 9.17) is 9.47 Å². The Balaban J connectivity index is 1.84. The van der Waals surface area contributed by atoms with E-state index >= 15 is 0 Å². The molecular formula is C23H28N4O5S. The van der Waals surface area contributed by atoms with Gasteiger partial charge in [-0.1, -0.05) is 32.0 Å². The minimum absolute atomic E-state index is 0.0773. The van der Waals surface area contributed by atoms with E-state index in [0.717, 1.165) is 5.56 Å². The number of rotatable bonds is 10. The van der Waals surface area contributed by atoms with Crippen molar-refractivity contribution in [2.24, 2.45) is 0 Å². The Labute approximate surface area is 194 Å². The number of amides is 1. The van der Waals surface area contributed by atoms with Crippen LogP contribution in [0.2, 0.25) is 0 Å². The van der Waals surface area contributed by atoms with Crippen molar-refractivity contribution >= 4 is 21.7 Å². The summed E-state index contributed by atoms with van der Waals surface area (Å²) in [5.41, 5.74) is 1.05. The van der Waals surface area contributed by atoms with Crippen LogP contribution in [-0.2, 0) is 16.6 Å². The molecule has 0 aliphatic carbocycles. The van der Waals surface area contributed by atoms with Crippen LogP contribution in [0.3, 0.4) is 0 Å². The Hall–Kier alpha value is -3.37. The molecule has 0 saturated carbocycles. The van der Waals surface area contributed by atoms with Crippen molar-refractivity contribution in [1.82, 2.24) is 14.1 Å². The van der Waals surface area contributed by atoms with Gasteiger partial charge in [-0.05, 0) is 24.3 Å². The fraction of sp³-hybridized carbons (Fsp3) is 0.304. The molecule has 0 aliphatic heterocycles. The van der Waals surface area contributed by atoms with Crippen LogP contribution < -0.4 is 14.8 Å². The molecule has 1 N–H and O–H groups in total. The summed E-state index contributed by atoms with van der Waals surface area (Å²) in [4.78, 5) is 13.0. The van der Waals surface area contributed by atoms with Crippen LogP contribution in [0.5, 0.6) is 11.5 Å². The average Bonchev–Trinajstić information content (AvgIpc) is 3.25. The van der Waals surface area contributed by atoms with Crippen LogP contribution in [-0.4, -0.2) is 55.7 Å². The van der Waals surface area contributed by atoms with Crippen LogP contribution in [0.25, 0.3) is 0 Å². The predicted molar refractivity (Wildman–Crippen MR) is 125 cm³/mol. The predicted octanol–water partition coefficient (Wildman–Crippen LogP) is 3.23. The van der Waals surface area contributed by atoms with Gasteiger partial charge in [0, 0.05) is 30.3 Å². The van der Waals surface area contributed by atoms with Crippen LogP contribution in [0.4, 0.5) is 5.82 Å². The van der Waals surface area contributed by atoms with Gasteiger partial charge in [0.15, 0.2) is 11.5 Å². The minimum Gasteiger partial charge on any atom is -0.493 e. The van der Waals surface area contributed by atoms with Gasteiger partial charge in [-0.2, -0.15) is 9.40 Å². The fourth-order valence-corrected chi connectivity index (χ4v) is 5.01. The number of sulfonamides is 1. The Morgan fingerprint density at radius 1 is 1.06 bits per heavy atom. The number of methoxy groups -OCH3 is 2. The average molecular weight is 473 g/mol. The van der Waals surface area contributed by atoms with Crippen molar-refractivity contribution in [3.05, 3.63) is 65.9 Å². The molecular weight excluding hydrogens is 444 g/mol. The van der Waals surface area contributed by atoms with Crippen LogP contribution >= 0.6 is 0 Å². The highest BCUT2D eigenvalue weighted by atomic mass is 32.2. The maximum absolute atomic E-state index is 12.9. The third-order valence-electron chi connectivity index (χ3n) is 5.20. The van der Waals surface area contributed by atoms with Crippen molar-refractivity contribution in [2.75, 3.05) is 32.6 Å². The largest absolute Gasteiger partial charge is 0.493 e. The van der Waals surface area contributed by atoms with Gasteiger partial charge < -0.3 is 14.8 Å². The highest BCUT2D eigenvalue weighted by Gasteiger charge is 2.23. The SMILES string of the molecule is CCN(CC)S(=O)(=O)c1cccc(C(=O)Nc2ccnn2Cc2cccc(OC)c2OC)c1. The van der Waals surface area contributed by atoms with E-state index in [-0.39, 0.29) is 10.5 Å². The number of hydrogen-bond acceptors (Lipinski definition) is 6. The van der Waals surface area contributed by atoms with Crippen molar-refractivity contribution in [1.29, 1.82) is 0 Å². The van der Waals surface area contributed by atoms with Crippen molar-refractivity contribution < 1.29 is 22.7 Å². The molecule has 0 bridgehead atoms.